The number of nitrogens with one attached hydrogen (secondary N) is 2. The maximum atomic E-state index is 12.5. The van der Waals surface area contributed by atoms with Crippen molar-refractivity contribution >= 4 is 29.1 Å². The van der Waals surface area contributed by atoms with E-state index in [0.29, 0.717) is 28.3 Å². The maximum Gasteiger partial charge on any atom is 0.258 e. The van der Waals surface area contributed by atoms with E-state index in [9.17, 15) is 4.79 Å². The molecule has 0 saturated heterocycles. The molecule has 0 aliphatic heterocycles. The van der Waals surface area contributed by atoms with Crippen LogP contribution < -0.4 is 10.6 Å². The van der Waals surface area contributed by atoms with Gasteiger partial charge < -0.3 is 10.6 Å². The number of benzene rings is 1. The smallest absolute Gasteiger partial charge is 0.258 e. The first-order valence-electron chi connectivity index (χ1n) is 9.19. The molecule has 1 aliphatic rings. The molecular formula is C20H25ClN4O. The Morgan fingerprint density at radius 2 is 1.73 bits per heavy atom. The number of aromatic nitrogens is 2. The number of halogens is 1. The molecule has 0 atom stereocenters. The molecule has 3 rings (SSSR count). The molecule has 2 N–H and O–H groups in total. The minimum Gasteiger partial charge on any atom is -0.351 e. The highest BCUT2D eigenvalue weighted by Crippen LogP contribution is 2.27. The largest absolute Gasteiger partial charge is 0.351 e. The number of carbonyl (C=O) groups is 1. The number of hydrogen-bond acceptors (Lipinski definition) is 4. The van der Waals surface area contributed by atoms with Crippen molar-refractivity contribution in [2.24, 2.45) is 0 Å². The minimum absolute atomic E-state index is 0.264. The Morgan fingerprint density at radius 1 is 1.08 bits per heavy atom. The van der Waals surface area contributed by atoms with Crippen LogP contribution in [0.2, 0.25) is 5.02 Å². The van der Waals surface area contributed by atoms with E-state index in [1.807, 2.05) is 26.0 Å². The number of aryl methyl sites for hydroxylation is 2. The Balaban J connectivity index is 1.65. The predicted octanol–water partition coefficient (Wildman–Crippen LogP) is 5.13. The molecule has 0 unspecified atom stereocenters. The lowest BCUT2D eigenvalue weighted by molar-refractivity contribution is 0.102. The summed E-state index contributed by atoms with van der Waals surface area (Å²) < 4.78 is 0. The third-order valence-corrected chi connectivity index (χ3v) is 5.07. The molecule has 0 radical (unpaired) electrons. The number of hydrogen-bond donors (Lipinski definition) is 2. The molecule has 5 nitrogen and oxygen atoms in total. The summed E-state index contributed by atoms with van der Waals surface area (Å²) in [4.78, 5) is 21.1. The molecule has 138 valence electrons. The average molecular weight is 373 g/mol. The van der Waals surface area contributed by atoms with Crippen molar-refractivity contribution < 1.29 is 4.79 Å². The van der Waals surface area contributed by atoms with Crippen LogP contribution in [-0.4, -0.2) is 21.9 Å². The van der Waals surface area contributed by atoms with Gasteiger partial charge in [-0.1, -0.05) is 43.4 Å². The Kier molecular flexibility index (Phi) is 6.09. The molecule has 0 spiro atoms. The summed E-state index contributed by atoms with van der Waals surface area (Å²) in [6.45, 7) is 3.89. The van der Waals surface area contributed by atoms with Crippen molar-refractivity contribution in [2.75, 3.05) is 10.6 Å². The van der Waals surface area contributed by atoms with Crippen LogP contribution >= 0.6 is 11.6 Å². The van der Waals surface area contributed by atoms with E-state index in [0.717, 1.165) is 24.0 Å². The van der Waals surface area contributed by atoms with Gasteiger partial charge in [-0.25, -0.2) is 9.97 Å². The van der Waals surface area contributed by atoms with Gasteiger partial charge in [0.1, 0.15) is 0 Å². The summed E-state index contributed by atoms with van der Waals surface area (Å²) in [5, 5.41) is 6.78. The number of rotatable bonds is 4. The Hall–Kier alpha value is -2.14. The number of nitrogens with zero attached hydrogens (tertiary/aromatic N) is 2. The van der Waals surface area contributed by atoms with Gasteiger partial charge in [0.25, 0.3) is 5.91 Å². The van der Waals surface area contributed by atoms with Crippen LogP contribution in [-0.2, 0) is 0 Å². The molecule has 1 fully saturated rings. The van der Waals surface area contributed by atoms with E-state index in [4.69, 9.17) is 11.6 Å². The first-order valence-corrected chi connectivity index (χ1v) is 9.57. The fraction of sp³-hybridized carbons (Fsp3) is 0.450. The fourth-order valence-electron chi connectivity index (χ4n) is 3.39. The van der Waals surface area contributed by atoms with Crippen molar-refractivity contribution in [3.05, 3.63) is 46.2 Å². The lowest BCUT2D eigenvalue weighted by Crippen LogP contribution is -2.20. The second-order valence-corrected chi connectivity index (χ2v) is 7.43. The number of amides is 1. The van der Waals surface area contributed by atoms with E-state index in [1.54, 1.807) is 12.4 Å². The van der Waals surface area contributed by atoms with Gasteiger partial charge >= 0.3 is 0 Å². The molecular weight excluding hydrogens is 348 g/mol. The summed E-state index contributed by atoms with van der Waals surface area (Å²) >= 11 is 6.26. The summed E-state index contributed by atoms with van der Waals surface area (Å²) in [5.41, 5.74) is 3.02. The zero-order valence-corrected chi connectivity index (χ0v) is 16.1. The van der Waals surface area contributed by atoms with Crippen molar-refractivity contribution in [2.45, 2.75) is 58.4 Å². The first-order chi connectivity index (χ1) is 12.5. The van der Waals surface area contributed by atoms with E-state index >= 15 is 0 Å². The molecule has 1 saturated carbocycles. The van der Waals surface area contributed by atoms with Crippen molar-refractivity contribution in [1.29, 1.82) is 0 Å². The fourth-order valence-corrected chi connectivity index (χ4v) is 3.75. The number of anilines is 2. The van der Waals surface area contributed by atoms with Gasteiger partial charge in [0.05, 0.1) is 16.3 Å². The molecule has 0 bridgehead atoms. The SMILES string of the molecule is Cc1cc(C)c(NC(=O)c2cnc(NC3CCCCCC3)nc2)c(Cl)c1. The highest BCUT2D eigenvalue weighted by atomic mass is 35.5. The van der Waals surface area contributed by atoms with Gasteiger partial charge in [-0.3, -0.25) is 4.79 Å². The third-order valence-electron chi connectivity index (χ3n) is 4.77. The highest BCUT2D eigenvalue weighted by Gasteiger charge is 2.15. The van der Waals surface area contributed by atoms with Crippen molar-refractivity contribution in [1.82, 2.24) is 9.97 Å². The molecule has 6 heteroatoms. The van der Waals surface area contributed by atoms with Crippen molar-refractivity contribution in [3.8, 4) is 0 Å². The van der Waals surface area contributed by atoms with Crippen LogP contribution in [0.25, 0.3) is 0 Å². The summed E-state index contributed by atoms with van der Waals surface area (Å²) in [6.07, 6.45) is 10.5. The van der Waals surface area contributed by atoms with Gasteiger partial charge in [0.15, 0.2) is 0 Å². The van der Waals surface area contributed by atoms with E-state index < -0.39 is 0 Å². The molecule has 1 amide bonds. The maximum absolute atomic E-state index is 12.5. The van der Waals surface area contributed by atoms with Crippen LogP contribution in [0, 0.1) is 13.8 Å². The first kappa shape index (κ1) is 18.6. The Morgan fingerprint density at radius 3 is 2.35 bits per heavy atom. The molecule has 1 aromatic heterocycles. The molecule has 2 aromatic rings. The van der Waals surface area contributed by atoms with Crippen LogP contribution in [0.1, 0.15) is 60.0 Å². The zero-order valence-electron chi connectivity index (χ0n) is 15.3. The van der Waals surface area contributed by atoms with Crippen LogP contribution in [0.4, 0.5) is 11.6 Å². The van der Waals surface area contributed by atoms with Gasteiger partial charge in [0.2, 0.25) is 5.95 Å². The van der Waals surface area contributed by atoms with E-state index in [1.165, 1.54) is 25.7 Å². The highest BCUT2D eigenvalue weighted by molar-refractivity contribution is 6.34. The van der Waals surface area contributed by atoms with E-state index in [2.05, 4.69) is 20.6 Å². The van der Waals surface area contributed by atoms with Crippen LogP contribution in [0.5, 0.6) is 0 Å². The summed E-state index contributed by atoms with van der Waals surface area (Å²) in [6, 6.07) is 4.24. The molecule has 1 heterocycles. The summed E-state index contributed by atoms with van der Waals surface area (Å²) in [7, 11) is 0. The van der Waals surface area contributed by atoms with E-state index in [-0.39, 0.29) is 5.91 Å². The van der Waals surface area contributed by atoms with Gasteiger partial charge in [-0.05, 0) is 43.9 Å². The van der Waals surface area contributed by atoms with Crippen molar-refractivity contribution in [3.63, 3.8) is 0 Å². The standard InChI is InChI=1S/C20H25ClN4O/c1-13-9-14(2)18(17(21)10-13)25-19(26)15-11-22-20(23-12-15)24-16-7-5-3-4-6-8-16/h9-12,16H,3-8H2,1-2H3,(H,25,26)(H,22,23,24). The summed E-state index contributed by atoms with van der Waals surface area (Å²) in [5.74, 6) is 0.317. The second-order valence-electron chi connectivity index (χ2n) is 7.02. The predicted molar refractivity (Wildman–Crippen MR) is 106 cm³/mol. The normalized spacial score (nSPS) is 15.3. The topological polar surface area (TPSA) is 66.9 Å². The zero-order chi connectivity index (χ0) is 18.5. The minimum atomic E-state index is -0.264. The Labute approximate surface area is 159 Å². The van der Waals surface area contributed by atoms with Gasteiger partial charge in [-0.15, -0.1) is 0 Å². The van der Waals surface area contributed by atoms with Crippen LogP contribution in [0.15, 0.2) is 24.5 Å². The average Bonchev–Trinajstić information content (AvgIpc) is 2.87. The molecule has 26 heavy (non-hydrogen) atoms. The third kappa shape index (κ3) is 4.73. The van der Waals surface area contributed by atoms with Gasteiger partial charge in [-0.2, -0.15) is 0 Å². The molecule has 1 aliphatic carbocycles. The quantitative estimate of drug-likeness (QED) is 0.729. The lowest BCUT2D eigenvalue weighted by Gasteiger charge is -2.16. The number of carbonyl (C=O) groups excluding carboxylic acids is 1. The van der Waals surface area contributed by atoms with Crippen LogP contribution in [0.3, 0.4) is 0 Å². The lowest BCUT2D eigenvalue weighted by atomic mass is 10.1. The Bertz CT molecular complexity index is 745. The monoisotopic (exact) mass is 372 g/mol. The second kappa shape index (κ2) is 8.49. The molecule has 1 aromatic carbocycles. The van der Waals surface area contributed by atoms with Gasteiger partial charge in [0, 0.05) is 18.4 Å².